The molecule has 0 unspecified atom stereocenters. The number of rotatable bonds is 4. The number of aryl methyl sites for hydroxylation is 2. The maximum Gasteiger partial charge on any atom is 0.262 e. The molecule has 0 fully saturated rings. The van der Waals surface area contributed by atoms with Crippen molar-refractivity contribution in [1.29, 1.82) is 0 Å². The fraction of sp³-hybridized carbons (Fsp3) is 0.158. The molecule has 8 heteroatoms. The predicted octanol–water partition coefficient (Wildman–Crippen LogP) is 4.94. The number of furan rings is 1. The lowest BCUT2D eigenvalue weighted by Crippen LogP contribution is -2.16. The van der Waals surface area contributed by atoms with Crippen LogP contribution in [0, 0.1) is 13.8 Å². The molecule has 1 amide bonds. The van der Waals surface area contributed by atoms with E-state index in [0.29, 0.717) is 33.0 Å². The van der Waals surface area contributed by atoms with Gasteiger partial charge in [0.1, 0.15) is 5.03 Å². The highest BCUT2D eigenvalue weighted by Crippen LogP contribution is 2.30. The zero-order chi connectivity index (χ0) is 19.0. The Labute approximate surface area is 164 Å². The lowest BCUT2D eigenvalue weighted by molar-refractivity contribution is 0.102. The first-order valence-electron chi connectivity index (χ1n) is 8.21. The van der Waals surface area contributed by atoms with Crippen molar-refractivity contribution in [2.45, 2.75) is 18.9 Å². The van der Waals surface area contributed by atoms with Gasteiger partial charge >= 0.3 is 0 Å². The summed E-state index contributed by atoms with van der Waals surface area (Å²) in [5.41, 5.74) is 3.03. The molecule has 0 bridgehead atoms. The molecule has 0 atom stereocenters. The quantitative estimate of drug-likeness (QED) is 0.389. The van der Waals surface area contributed by atoms with Gasteiger partial charge in [-0.2, -0.15) is 0 Å². The van der Waals surface area contributed by atoms with Gasteiger partial charge in [-0.05, 0) is 43.9 Å². The molecule has 0 radical (unpaired) electrons. The van der Waals surface area contributed by atoms with Crippen molar-refractivity contribution in [3.63, 3.8) is 0 Å². The van der Waals surface area contributed by atoms with Crippen LogP contribution in [-0.2, 0) is 0 Å². The summed E-state index contributed by atoms with van der Waals surface area (Å²) in [5, 5.41) is 4.06. The second-order valence-electron chi connectivity index (χ2n) is 5.89. The van der Waals surface area contributed by atoms with Crippen LogP contribution in [0.5, 0.6) is 0 Å². The van der Waals surface area contributed by atoms with Crippen LogP contribution < -0.4 is 5.32 Å². The van der Waals surface area contributed by atoms with Crippen molar-refractivity contribution >= 4 is 44.4 Å². The van der Waals surface area contributed by atoms with E-state index in [-0.39, 0.29) is 5.91 Å². The summed E-state index contributed by atoms with van der Waals surface area (Å²) in [6.45, 7) is 3.80. The number of thioether (sulfide) groups is 1. The van der Waals surface area contributed by atoms with Crippen molar-refractivity contribution in [1.82, 2.24) is 15.0 Å². The number of aromatic nitrogens is 3. The highest BCUT2D eigenvalue weighted by molar-refractivity contribution is 7.98. The molecule has 0 aliphatic carbocycles. The van der Waals surface area contributed by atoms with Crippen LogP contribution in [0.4, 0.5) is 5.13 Å². The van der Waals surface area contributed by atoms with Crippen LogP contribution in [0.25, 0.3) is 21.8 Å². The second kappa shape index (κ2) is 7.13. The molecule has 0 aliphatic heterocycles. The predicted molar refractivity (Wildman–Crippen MR) is 109 cm³/mol. The summed E-state index contributed by atoms with van der Waals surface area (Å²) in [6, 6.07) is 9.56. The first-order valence-corrected chi connectivity index (χ1v) is 10.2. The molecular formula is C19H16N4O2S2. The first kappa shape index (κ1) is 17.7. The molecule has 3 aromatic heterocycles. The average Bonchev–Trinajstić information content (AvgIpc) is 3.31. The topological polar surface area (TPSA) is 80.9 Å². The van der Waals surface area contributed by atoms with E-state index >= 15 is 0 Å². The molecular weight excluding hydrogens is 380 g/mol. The van der Waals surface area contributed by atoms with Gasteiger partial charge in [-0.25, -0.2) is 15.0 Å². The molecule has 0 saturated carbocycles. The Balaban J connectivity index is 1.69. The van der Waals surface area contributed by atoms with Crippen LogP contribution in [0.1, 0.15) is 21.6 Å². The Kier molecular flexibility index (Phi) is 4.67. The Bertz CT molecular complexity index is 1140. The SMILES string of the molecule is CSc1nc(-c2ccco2)nc(C)c1C(=O)Nc1nc2c(C)cccc2s1. The van der Waals surface area contributed by atoms with Gasteiger partial charge in [0.2, 0.25) is 0 Å². The minimum Gasteiger partial charge on any atom is -0.461 e. The summed E-state index contributed by atoms with van der Waals surface area (Å²) in [4.78, 5) is 26.4. The Morgan fingerprint density at radius 1 is 1.15 bits per heavy atom. The minimum absolute atomic E-state index is 0.264. The first-order chi connectivity index (χ1) is 13.1. The average molecular weight is 396 g/mol. The Morgan fingerprint density at radius 2 is 2.00 bits per heavy atom. The van der Waals surface area contributed by atoms with E-state index in [9.17, 15) is 4.79 Å². The maximum absolute atomic E-state index is 12.9. The summed E-state index contributed by atoms with van der Waals surface area (Å²) >= 11 is 2.85. The molecule has 3 heterocycles. The van der Waals surface area contributed by atoms with Gasteiger partial charge in [-0.1, -0.05) is 23.5 Å². The highest BCUT2D eigenvalue weighted by atomic mass is 32.2. The largest absolute Gasteiger partial charge is 0.461 e. The summed E-state index contributed by atoms with van der Waals surface area (Å²) in [7, 11) is 0. The van der Waals surface area contributed by atoms with Crippen molar-refractivity contribution in [2.75, 3.05) is 11.6 Å². The molecule has 0 saturated heterocycles. The van der Waals surface area contributed by atoms with E-state index in [1.807, 2.05) is 31.4 Å². The number of thiazole rings is 1. The van der Waals surface area contributed by atoms with E-state index in [4.69, 9.17) is 4.42 Å². The second-order valence-corrected chi connectivity index (χ2v) is 7.71. The lowest BCUT2D eigenvalue weighted by atomic mass is 10.2. The Hall–Kier alpha value is -2.71. The molecule has 4 rings (SSSR count). The zero-order valence-electron chi connectivity index (χ0n) is 14.9. The third-order valence-corrected chi connectivity index (χ3v) is 5.68. The van der Waals surface area contributed by atoms with Crippen molar-refractivity contribution < 1.29 is 9.21 Å². The van der Waals surface area contributed by atoms with Gasteiger partial charge in [-0.15, -0.1) is 11.8 Å². The smallest absolute Gasteiger partial charge is 0.262 e. The third-order valence-electron chi connectivity index (χ3n) is 4.06. The molecule has 4 aromatic rings. The number of carbonyl (C=O) groups is 1. The van der Waals surface area contributed by atoms with Crippen molar-refractivity contribution in [3.05, 3.63) is 53.4 Å². The van der Waals surface area contributed by atoms with Gasteiger partial charge in [0, 0.05) is 0 Å². The van der Waals surface area contributed by atoms with Gasteiger partial charge < -0.3 is 4.42 Å². The van der Waals surface area contributed by atoms with E-state index in [2.05, 4.69) is 20.3 Å². The fourth-order valence-electron chi connectivity index (χ4n) is 2.77. The normalized spacial score (nSPS) is 11.1. The van der Waals surface area contributed by atoms with Gasteiger partial charge in [-0.3, -0.25) is 10.1 Å². The number of fused-ring (bicyclic) bond motifs is 1. The van der Waals surface area contributed by atoms with Gasteiger partial charge in [0.15, 0.2) is 16.7 Å². The summed E-state index contributed by atoms with van der Waals surface area (Å²) in [5.74, 6) is 0.774. The highest BCUT2D eigenvalue weighted by Gasteiger charge is 2.21. The summed E-state index contributed by atoms with van der Waals surface area (Å²) < 4.78 is 6.41. The van der Waals surface area contributed by atoms with Crippen LogP contribution >= 0.6 is 23.1 Å². The van der Waals surface area contributed by atoms with Crippen LogP contribution in [0.15, 0.2) is 46.0 Å². The number of hydrogen-bond acceptors (Lipinski definition) is 7. The van der Waals surface area contributed by atoms with Gasteiger partial charge in [0.05, 0.1) is 27.7 Å². The monoisotopic (exact) mass is 396 g/mol. The van der Waals surface area contributed by atoms with Crippen molar-refractivity contribution in [2.24, 2.45) is 0 Å². The number of nitrogens with zero attached hydrogens (tertiary/aromatic N) is 3. The molecule has 0 spiro atoms. The standard InChI is InChI=1S/C19H16N4O2S2/c1-10-6-4-8-13-15(10)21-19(27-13)23-17(24)14-11(2)20-16(22-18(14)26-3)12-7-5-9-25-12/h4-9H,1-3H3,(H,21,23,24). The maximum atomic E-state index is 12.9. The number of anilines is 1. The number of para-hydroxylation sites is 1. The van der Waals surface area contributed by atoms with E-state index < -0.39 is 0 Å². The van der Waals surface area contributed by atoms with Gasteiger partial charge in [0.25, 0.3) is 5.91 Å². The number of benzene rings is 1. The number of nitrogens with one attached hydrogen (secondary N) is 1. The molecule has 0 aliphatic rings. The fourth-order valence-corrected chi connectivity index (χ4v) is 4.33. The number of hydrogen-bond donors (Lipinski definition) is 1. The Morgan fingerprint density at radius 3 is 2.70 bits per heavy atom. The molecule has 27 heavy (non-hydrogen) atoms. The lowest BCUT2D eigenvalue weighted by Gasteiger charge is -2.10. The summed E-state index contributed by atoms with van der Waals surface area (Å²) in [6.07, 6.45) is 3.45. The molecule has 136 valence electrons. The third kappa shape index (κ3) is 3.33. The molecule has 1 N–H and O–H groups in total. The zero-order valence-corrected chi connectivity index (χ0v) is 16.6. The van der Waals surface area contributed by atoms with Crippen LogP contribution in [-0.4, -0.2) is 27.1 Å². The van der Waals surface area contributed by atoms with E-state index in [1.165, 1.54) is 23.1 Å². The van der Waals surface area contributed by atoms with Crippen LogP contribution in [0.2, 0.25) is 0 Å². The number of amides is 1. The molecule has 1 aromatic carbocycles. The van der Waals surface area contributed by atoms with E-state index in [0.717, 1.165) is 15.8 Å². The van der Waals surface area contributed by atoms with Crippen molar-refractivity contribution in [3.8, 4) is 11.6 Å². The van der Waals surface area contributed by atoms with E-state index in [1.54, 1.807) is 25.3 Å². The minimum atomic E-state index is -0.264. The molecule has 6 nitrogen and oxygen atoms in total. The number of carbonyl (C=O) groups excluding carboxylic acids is 1. The van der Waals surface area contributed by atoms with Crippen LogP contribution in [0.3, 0.4) is 0 Å².